The second-order valence-corrected chi connectivity index (χ2v) is 7.84. The Morgan fingerprint density at radius 1 is 1.21 bits per heavy atom. The summed E-state index contributed by atoms with van der Waals surface area (Å²) >= 11 is 1.40. The third kappa shape index (κ3) is 5.13. The van der Waals surface area contributed by atoms with Crippen LogP contribution < -0.4 is 10.1 Å². The molecule has 9 nitrogen and oxygen atoms in total. The van der Waals surface area contributed by atoms with Crippen LogP contribution in [0.1, 0.15) is 11.3 Å². The molecule has 0 unspecified atom stereocenters. The molecule has 1 N–H and O–H groups in total. The molecule has 4 aromatic rings. The van der Waals surface area contributed by atoms with Gasteiger partial charge in [-0.05, 0) is 42.8 Å². The molecule has 166 valence electrons. The van der Waals surface area contributed by atoms with Crippen LogP contribution in [0.25, 0.3) is 22.5 Å². The quantitative estimate of drug-likeness (QED) is 0.239. The Balaban J connectivity index is 1.51. The van der Waals surface area contributed by atoms with Crippen LogP contribution in [0.3, 0.4) is 0 Å². The van der Waals surface area contributed by atoms with Gasteiger partial charge >= 0.3 is 0 Å². The molecule has 2 aromatic heterocycles. The van der Waals surface area contributed by atoms with Crippen LogP contribution in [0.4, 0.5) is 11.5 Å². The number of carbonyl (C=O) groups is 1. The number of benzene rings is 2. The van der Waals surface area contributed by atoms with Gasteiger partial charge in [0.05, 0.1) is 23.4 Å². The SMILES string of the molecule is COc1cccc(-c2csc(-n3nc(C)cc3NC(=O)/C=C/c3ccc([N+](=O)[O-])cc3)n2)c1. The molecule has 0 fully saturated rings. The number of ether oxygens (including phenoxy) is 1. The topological polar surface area (TPSA) is 112 Å². The van der Waals surface area contributed by atoms with E-state index < -0.39 is 4.92 Å². The second kappa shape index (κ2) is 9.45. The number of aryl methyl sites for hydroxylation is 1. The van der Waals surface area contributed by atoms with Crippen LogP contribution in [0.5, 0.6) is 5.75 Å². The van der Waals surface area contributed by atoms with Crippen LogP contribution >= 0.6 is 11.3 Å². The van der Waals surface area contributed by atoms with E-state index in [0.29, 0.717) is 16.5 Å². The highest BCUT2D eigenvalue weighted by Gasteiger charge is 2.14. The highest BCUT2D eigenvalue weighted by molar-refractivity contribution is 7.12. The highest BCUT2D eigenvalue weighted by atomic mass is 32.1. The molecule has 0 bridgehead atoms. The van der Waals surface area contributed by atoms with Crippen molar-refractivity contribution in [2.45, 2.75) is 6.92 Å². The van der Waals surface area contributed by atoms with Crippen LogP contribution in [0, 0.1) is 17.0 Å². The van der Waals surface area contributed by atoms with Crippen molar-refractivity contribution in [1.29, 1.82) is 0 Å². The zero-order valence-corrected chi connectivity index (χ0v) is 18.6. The molecule has 0 atom stereocenters. The number of thiazole rings is 1. The van der Waals surface area contributed by atoms with E-state index in [1.54, 1.807) is 36.1 Å². The molecule has 0 aliphatic carbocycles. The van der Waals surface area contributed by atoms with Gasteiger partial charge in [-0.2, -0.15) is 9.78 Å². The number of rotatable bonds is 7. The Bertz CT molecular complexity index is 1340. The van der Waals surface area contributed by atoms with Crippen LogP contribution in [0.2, 0.25) is 0 Å². The monoisotopic (exact) mass is 461 g/mol. The van der Waals surface area contributed by atoms with E-state index in [2.05, 4.69) is 15.4 Å². The molecule has 2 aromatic carbocycles. The molecule has 0 saturated heterocycles. The van der Waals surface area contributed by atoms with E-state index in [1.165, 1.54) is 29.5 Å². The van der Waals surface area contributed by atoms with Crippen LogP contribution in [0.15, 0.2) is 66.1 Å². The van der Waals surface area contributed by atoms with Gasteiger partial charge in [-0.1, -0.05) is 12.1 Å². The summed E-state index contributed by atoms with van der Waals surface area (Å²) in [5.41, 5.74) is 3.08. The van der Waals surface area contributed by atoms with Crippen molar-refractivity contribution in [3.05, 3.63) is 87.4 Å². The van der Waals surface area contributed by atoms with E-state index in [1.807, 2.05) is 36.6 Å². The summed E-state index contributed by atoms with van der Waals surface area (Å²) in [4.78, 5) is 27.4. The maximum atomic E-state index is 12.5. The average Bonchev–Trinajstić information content (AvgIpc) is 3.44. The largest absolute Gasteiger partial charge is 0.497 e. The lowest BCUT2D eigenvalue weighted by molar-refractivity contribution is -0.384. The number of methoxy groups -OCH3 is 1. The molecule has 0 aliphatic heterocycles. The molecule has 0 aliphatic rings. The first-order chi connectivity index (χ1) is 15.9. The molecule has 4 rings (SSSR count). The van der Waals surface area contributed by atoms with Gasteiger partial charge in [0, 0.05) is 35.2 Å². The minimum Gasteiger partial charge on any atom is -0.497 e. The Labute approximate surface area is 193 Å². The van der Waals surface area contributed by atoms with Gasteiger partial charge in [0.25, 0.3) is 5.69 Å². The summed E-state index contributed by atoms with van der Waals surface area (Å²) in [6.45, 7) is 1.83. The van der Waals surface area contributed by atoms with Gasteiger partial charge in [0.2, 0.25) is 11.0 Å². The number of hydrogen-bond acceptors (Lipinski definition) is 7. The number of non-ortho nitro benzene ring substituents is 1. The highest BCUT2D eigenvalue weighted by Crippen LogP contribution is 2.28. The van der Waals surface area contributed by atoms with Gasteiger partial charge in [0.15, 0.2) is 0 Å². The number of amides is 1. The lowest BCUT2D eigenvalue weighted by Gasteiger charge is -2.04. The number of hydrogen-bond donors (Lipinski definition) is 1. The second-order valence-electron chi connectivity index (χ2n) is 7.00. The smallest absolute Gasteiger partial charge is 0.269 e. The number of carbonyl (C=O) groups excluding carboxylic acids is 1. The number of nitro groups is 1. The zero-order chi connectivity index (χ0) is 23.4. The standard InChI is InChI=1S/C23H19N5O4S/c1-15-12-21(25-22(29)11-8-16-6-9-18(10-7-16)28(30)31)27(26-15)23-24-20(14-33-23)17-4-3-5-19(13-17)32-2/h3-14H,1-2H3,(H,25,29)/b11-8+. The third-order valence-corrected chi connectivity index (χ3v) is 5.47. The number of aromatic nitrogens is 3. The molecule has 0 spiro atoms. The van der Waals surface area contributed by atoms with Gasteiger partial charge < -0.3 is 10.1 Å². The fourth-order valence-electron chi connectivity index (χ4n) is 3.06. The zero-order valence-electron chi connectivity index (χ0n) is 17.8. The van der Waals surface area contributed by atoms with Crippen LogP contribution in [-0.4, -0.2) is 32.7 Å². The Morgan fingerprint density at radius 2 is 2.00 bits per heavy atom. The molecule has 1 amide bonds. The first-order valence-corrected chi connectivity index (χ1v) is 10.7. The molecule has 33 heavy (non-hydrogen) atoms. The predicted molar refractivity (Wildman–Crippen MR) is 127 cm³/mol. The van der Waals surface area contributed by atoms with Crippen LogP contribution in [-0.2, 0) is 4.79 Å². The number of nitro benzene ring substituents is 1. The minimum atomic E-state index is -0.470. The summed E-state index contributed by atoms with van der Waals surface area (Å²) < 4.78 is 6.86. The first-order valence-electron chi connectivity index (χ1n) is 9.83. The van der Waals surface area contributed by atoms with Gasteiger partial charge in [-0.3, -0.25) is 14.9 Å². The number of nitrogens with zero attached hydrogens (tertiary/aromatic N) is 4. The van der Waals surface area contributed by atoms with Gasteiger partial charge in [-0.15, -0.1) is 11.3 Å². The van der Waals surface area contributed by atoms with Crippen molar-refractivity contribution in [2.75, 3.05) is 12.4 Å². The summed E-state index contributed by atoms with van der Waals surface area (Å²) in [6, 6.07) is 15.3. The summed E-state index contributed by atoms with van der Waals surface area (Å²) in [5, 5.41) is 20.5. The Hall–Kier alpha value is -4.31. The summed E-state index contributed by atoms with van der Waals surface area (Å²) in [6.07, 6.45) is 2.94. The molecular weight excluding hydrogens is 442 g/mol. The van der Waals surface area contributed by atoms with Crippen molar-refractivity contribution in [2.24, 2.45) is 0 Å². The van der Waals surface area contributed by atoms with Crippen molar-refractivity contribution in [1.82, 2.24) is 14.8 Å². The van der Waals surface area contributed by atoms with Crippen molar-refractivity contribution < 1.29 is 14.5 Å². The lowest BCUT2D eigenvalue weighted by Crippen LogP contribution is -2.12. The van der Waals surface area contributed by atoms with E-state index in [0.717, 1.165) is 22.7 Å². The number of anilines is 1. The molecular formula is C23H19N5O4S. The first kappa shape index (κ1) is 21.9. The summed E-state index contributed by atoms with van der Waals surface area (Å²) in [5.74, 6) is 0.862. The van der Waals surface area contributed by atoms with Gasteiger partial charge in [0.1, 0.15) is 11.6 Å². The van der Waals surface area contributed by atoms with E-state index in [-0.39, 0.29) is 11.6 Å². The fourth-order valence-corrected chi connectivity index (χ4v) is 3.85. The van der Waals surface area contributed by atoms with E-state index in [4.69, 9.17) is 4.74 Å². The predicted octanol–water partition coefficient (Wildman–Crippen LogP) is 4.87. The molecule has 2 heterocycles. The average molecular weight is 462 g/mol. The van der Waals surface area contributed by atoms with Gasteiger partial charge in [-0.25, -0.2) is 4.98 Å². The number of nitrogens with one attached hydrogen (secondary N) is 1. The van der Waals surface area contributed by atoms with Crippen molar-refractivity contribution in [3.8, 4) is 22.1 Å². The normalized spacial score (nSPS) is 11.0. The molecule has 0 saturated carbocycles. The Kier molecular flexibility index (Phi) is 6.27. The maximum absolute atomic E-state index is 12.5. The van der Waals surface area contributed by atoms with Crippen molar-refractivity contribution in [3.63, 3.8) is 0 Å². The lowest BCUT2D eigenvalue weighted by atomic mass is 10.2. The molecule has 0 radical (unpaired) electrons. The maximum Gasteiger partial charge on any atom is 0.269 e. The Morgan fingerprint density at radius 3 is 2.73 bits per heavy atom. The minimum absolute atomic E-state index is 0.00672. The summed E-state index contributed by atoms with van der Waals surface area (Å²) in [7, 11) is 1.61. The van der Waals surface area contributed by atoms with E-state index in [9.17, 15) is 14.9 Å². The molecule has 10 heteroatoms. The third-order valence-electron chi connectivity index (χ3n) is 4.65. The van der Waals surface area contributed by atoms with E-state index >= 15 is 0 Å². The van der Waals surface area contributed by atoms with Crippen molar-refractivity contribution >= 4 is 34.8 Å². The fraction of sp³-hybridized carbons (Fsp3) is 0.0870.